The van der Waals surface area contributed by atoms with E-state index in [2.05, 4.69) is 41.1 Å². The van der Waals surface area contributed by atoms with Crippen molar-refractivity contribution in [1.29, 1.82) is 5.41 Å². The van der Waals surface area contributed by atoms with Crippen LogP contribution in [0.15, 0.2) is 30.9 Å². The van der Waals surface area contributed by atoms with Crippen molar-refractivity contribution >= 4 is 52.3 Å². The molecule has 0 aliphatic heterocycles. The van der Waals surface area contributed by atoms with Crippen molar-refractivity contribution in [2.75, 3.05) is 23.9 Å². The SMILES string of the molecule is C=CCN(NC(=O)Nc1cc(Cl)nc(Cl)c1)c1cc(C(C)C)c(C(C)=N)c([NH2+]C)n1. The first-order valence-electron chi connectivity index (χ1n) is 9.35. The van der Waals surface area contributed by atoms with Gasteiger partial charge < -0.3 is 10.7 Å². The van der Waals surface area contributed by atoms with Gasteiger partial charge in [-0.2, -0.15) is 4.98 Å². The first-order valence-corrected chi connectivity index (χ1v) is 10.1. The number of aromatic nitrogens is 2. The van der Waals surface area contributed by atoms with E-state index in [9.17, 15) is 4.79 Å². The molecule has 5 N–H and O–H groups in total. The summed E-state index contributed by atoms with van der Waals surface area (Å²) in [6.45, 7) is 9.94. The zero-order chi connectivity index (χ0) is 22.4. The van der Waals surface area contributed by atoms with E-state index in [4.69, 9.17) is 28.6 Å². The van der Waals surface area contributed by atoms with E-state index in [0.29, 0.717) is 29.6 Å². The predicted molar refractivity (Wildman–Crippen MR) is 122 cm³/mol. The number of carbonyl (C=O) groups excluding carboxylic acids is 1. The van der Waals surface area contributed by atoms with Crippen molar-refractivity contribution in [1.82, 2.24) is 15.4 Å². The average Bonchev–Trinajstić information content (AvgIpc) is 2.65. The Morgan fingerprint density at radius 2 is 1.93 bits per heavy atom. The van der Waals surface area contributed by atoms with Gasteiger partial charge in [0.05, 0.1) is 19.2 Å². The summed E-state index contributed by atoms with van der Waals surface area (Å²) in [6.07, 6.45) is 1.66. The molecule has 0 atom stereocenters. The third-order valence-electron chi connectivity index (χ3n) is 4.18. The number of anilines is 2. The van der Waals surface area contributed by atoms with Crippen LogP contribution in [0.3, 0.4) is 0 Å². The maximum Gasteiger partial charge on any atom is 0.338 e. The Hall–Kier alpha value is -2.68. The van der Waals surface area contributed by atoms with Gasteiger partial charge in [-0.1, -0.05) is 43.1 Å². The van der Waals surface area contributed by atoms with Gasteiger partial charge in [-0.05, 0) is 36.6 Å². The molecular formula is C20H26Cl2N7O+. The van der Waals surface area contributed by atoms with Gasteiger partial charge in [-0.3, -0.25) is 10.3 Å². The monoisotopic (exact) mass is 450 g/mol. The van der Waals surface area contributed by atoms with E-state index >= 15 is 0 Å². The minimum absolute atomic E-state index is 0.168. The quantitative estimate of drug-likeness (QED) is 0.212. The minimum atomic E-state index is -0.502. The molecule has 2 aromatic heterocycles. The molecular weight excluding hydrogens is 425 g/mol. The number of hydrazine groups is 1. The maximum absolute atomic E-state index is 12.6. The van der Waals surface area contributed by atoms with Crippen LogP contribution in [0.25, 0.3) is 0 Å². The minimum Gasteiger partial charge on any atom is -0.306 e. The predicted octanol–water partition coefficient (Wildman–Crippen LogP) is 3.85. The third kappa shape index (κ3) is 5.91. The lowest BCUT2D eigenvalue weighted by Crippen LogP contribution is -2.74. The lowest BCUT2D eigenvalue weighted by Gasteiger charge is -2.25. The zero-order valence-electron chi connectivity index (χ0n) is 17.4. The summed E-state index contributed by atoms with van der Waals surface area (Å²) >= 11 is 11.8. The number of amides is 2. The second-order valence-electron chi connectivity index (χ2n) is 6.86. The highest BCUT2D eigenvalue weighted by molar-refractivity contribution is 6.33. The van der Waals surface area contributed by atoms with E-state index in [1.165, 1.54) is 12.1 Å². The van der Waals surface area contributed by atoms with E-state index in [0.717, 1.165) is 11.1 Å². The summed E-state index contributed by atoms with van der Waals surface area (Å²) in [7, 11) is 1.87. The number of quaternary nitrogens is 1. The molecule has 0 fully saturated rings. The summed E-state index contributed by atoms with van der Waals surface area (Å²) in [6, 6.07) is 4.37. The van der Waals surface area contributed by atoms with Crippen LogP contribution < -0.4 is 21.1 Å². The molecule has 2 aromatic rings. The Kier molecular flexibility index (Phi) is 8.16. The van der Waals surface area contributed by atoms with Gasteiger partial charge in [0.25, 0.3) is 0 Å². The van der Waals surface area contributed by atoms with Crippen molar-refractivity contribution in [3.63, 3.8) is 0 Å². The molecule has 30 heavy (non-hydrogen) atoms. The molecule has 2 heterocycles. The van der Waals surface area contributed by atoms with E-state index in [1.54, 1.807) is 18.0 Å². The van der Waals surface area contributed by atoms with Crippen LogP contribution in [0.1, 0.15) is 37.8 Å². The maximum atomic E-state index is 12.6. The molecule has 0 unspecified atom stereocenters. The topological polar surface area (TPSA) is 111 Å². The normalized spacial score (nSPS) is 10.6. The molecule has 10 heteroatoms. The molecule has 0 radical (unpaired) electrons. The van der Waals surface area contributed by atoms with Gasteiger partial charge in [0.1, 0.15) is 10.3 Å². The van der Waals surface area contributed by atoms with Crippen molar-refractivity contribution < 1.29 is 10.1 Å². The van der Waals surface area contributed by atoms with Gasteiger partial charge in [-0.15, -0.1) is 6.58 Å². The molecule has 0 spiro atoms. The lowest BCUT2D eigenvalue weighted by molar-refractivity contribution is -0.543. The van der Waals surface area contributed by atoms with E-state index in [1.807, 2.05) is 18.4 Å². The van der Waals surface area contributed by atoms with Crippen LogP contribution in [0.2, 0.25) is 10.3 Å². The Morgan fingerprint density at radius 1 is 1.30 bits per heavy atom. The number of carbonyl (C=O) groups is 1. The van der Waals surface area contributed by atoms with Crippen LogP contribution in [0.5, 0.6) is 0 Å². The van der Waals surface area contributed by atoms with Crippen molar-refractivity contribution in [3.8, 4) is 0 Å². The fourth-order valence-electron chi connectivity index (χ4n) is 2.93. The van der Waals surface area contributed by atoms with Crippen LogP contribution in [-0.2, 0) is 0 Å². The van der Waals surface area contributed by atoms with E-state index < -0.39 is 6.03 Å². The molecule has 0 bridgehead atoms. The standard InChI is InChI=1S/C20H25Cl2N7O/c1-6-7-29(28-20(30)25-13-8-15(21)26-16(22)9-13)17-10-14(11(2)3)18(12(4)23)19(24-5)27-17/h6,8-11,23H,1,7H2,2-5H3,(H,24,27)(H2,25,26,28,30)/p+1. The fraction of sp³-hybridized carbons (Fsp3) is 0.300. The smallest absolute Gasteiger partial charge is 0.306 e. The number of urea groups is 1. The molecule has 0 aliphatic rings. The van der Waals surface area contributed by atoms with Crippen LogP contribution in [0.4, 0.5) is 22.1 Å². The number of nitrogens with one attached hydrogen (secondary N) is 3. The number of hydrogen-bond donors (Lipinski definition) is 4. The lowest BCUT2D eigenvalue weighted by atomic mass is 9.95. The van der Waals surface area contributed by atoms with Gasteiger partial charge in [-0.25, -0.2) is 15.2 Å². The van der Waals surface area contributed by atoms with Gasteiger partial charge in [0.15, 0.2) is 5.82 Å². The molecule has 0 saturated heterocycles. The zero-order valence-corrected chi connectivity index (χ0v) is 18.9. The summed E-state index contributed by atoms with van der Waals surface area (Å²) in [4.78, 5) is 21.1. The van der Waals surface area contributed by atoms with E-state index in [-0.39, 0.29) is 16.2 Å². The summed E-state index contributed by atoms with van der Waals surface area (Å²) < 4.78 is 0. The molecule has 0 saturated carbocycles. The van der Waals surface area contributed by atoms with Gasteiger partial charge >= 0.3 is 6.03 Å². The number of nitrogens with two attached hydrogens (primary N) is 1. The number of halogens is 2. The molecule has 2 amide bonds. The highest BCUT2D eigenvalue weighted by atomic mass is 35.5. The van der Waals surface area contributed by atoms with Gasteiger partial charge in [0.2, 0.25) is 5.82 Å². The second-order valence-corrected chi connectivity index (χ2v) is 7.64. The van der Waals surface area contributed by atoms with Crippen LogP contribution >= 0.6 is 23.2 Å². The molecule has 2 rings (SSSR count). The Morgan fingerprint density at radius 3 is 2.43 bits per heavy atom. The fourth-order valence-corrected chi connectivity index (χ4v) is 3.39. The number of hydrogen-bond acceptors (Lipinski definition) is 5. The van der Waals surface area contributed by atoms with Crippen LogP contribution in [0, 0.1) is 5.41 Å². The molecule has 0 aliphatic carbocycles. The first-order chi connectivity index (χ1) is 14.2. The Bertz CT molecular complexity index is 942. The summed E-state index contributed by atoms with van der Waals surface area (Å²) in [5.74, 6) is 1.39. The average molecular weight is 451 g/mol. The largest absolute Gasteiger partial charge is 0.338 e. The number of pyridine rings is 2. The van der Waals surface area contributed by atoms with Crippen molar-refractivity contribution in [3.05, 3.63) is 52.3 Å². The van der Waals surface area contributed by atoms with Crippen LogP contribution in [-0.4, -0.2) is 35.3 Å². The van der Waals surface area contributed by atoms with Crippen molar-refractivity contribution in [2.45, 2.75) is 26.7 Å². The third-order valence-corrected chi connectivity index (χ3v) is 4.57. The highest BCUT2D eigenvalue weighted by Gasteiger charge is 2.22. The highest BCUT2D eigenvalue weighted by Crippen LogP contribution is 2.27. The number of rotatable bonds is 8. The molecule has 8 nitrogen and oxygen atoms in total. The van der Waals surface area contributed by atoms with Gasteiger partial charge in [0, 0.05) is 11.4 Å². The first kappa shape index (κ1) is 23.6. The summed E-state index contributed by atoms with van der Waals surface area (Å²) in [5, 5.41) is 14.6. The molecule has 160 valence electrons. The molecule has 0 aromatic carbocycles. The second kappa shape index (κ2) is 10.4. The Labute approximate surface area is 186 Å². The summed E-state index contributed by atoms with van der Waals surface area (Å²) in [5.41, 5.74) is 5.40. The number of nitrogens with zero attached hydrogens (tertiary/aromatic N) is 3. The van der Waals surface area contributed by atoms with Crippen molar-refractivity contribution in [2.24, 2.45) is 0 Å². The Balaban J connectivity index is 2.37.